The molecule has 0 fully saturated rings. The molecule has 0 atom stereocenters. The molecule has 0 unspecified atom stereocenters. The van der Waals surface area contributed by atoms with Crippen LogP contribution in [0.25, 0.3) is 0 Å². The molecule has 0 aromatic carbocycles. The van der Waals surface area contributed by atoms with Crippen molar-refractivity contribution in [2.75, 3.05) is 20.4 Å². The van der Waals surface area contributed by atoms with Crippen LogP contribution in [0.15, 0.2) is 22.8 Å². The lowest BCUT2D eigenvalue weighted by molar-refractivity contribution is -0.625. The third-order valence-electron chi connectivity index (χ3n) is 2.18. The number of hydrogen-bond donors (Lipinski definition) is 0. The Morgan fingerprint density at radius 3 is 2.62 bits per heavy atom. The van der Waals surface area contributed by atoms with E-state index in [9.17, 15) is 9.77 Å². The second-order valence-electron chi connectivity index (χ2n) is 3.08. The minimum atomic E-state index is -3.05. The van der Waals surface area contributed by atoms with Crippen molar-refractivity contribution < 1.29 is 18.3 Å². The van der Waals surface area contributed by atoms with E-state index in [1.807, 2.05) is 0 Å². The number of nitrogens with zero attached hydrogens (tertiary/aromatic N) is 1. The minimum Gasteiger partial charge on any atom is -0.618 e. The van der Waals surface area contributed by atoms with Gasteiger partial charge in [-0.3, -0.25) is 4.57 Å². The molecule has 0 aliphatic carbocycles. The zero-order valence-corrected chi connectivity index (χ0v) is 11.5. The standard InChI is InChI=1S/C9H13BrNO4P/c1-14-16(13,15-2)7-6-8-4-3-5-9(10)11(8)12/h3-5H,6-7H2,1-2H3. The summed E-state index contributed by atoms with van der Waals surface area (Å²) >= 11 is 3.12. The number of aryl methyl sites for hydroxylation is 1. The van der Waals surface area contributed by atoms with Crippen LogP contribution in [0.3, 0.4) is 0 Å². The maximum atomic E-state index is 11.8. The molecule has 0 saturated carbocycles. The molecule has 7 heteroatoms. The van der Waals surface area contributed by atoms with Gasteiger partial charge in [0.2, 0.25) is 0 Å². The molecule has 0 radical (unpaired) electrons. The number of rotatable bonds is 5. The van der Waals surface area contributed by atoms with E-state index in [1.165, 1.54) is 14.2 Å². The third-order valence-corrected chi connectivity index (χ3v) is 4.65. The topological polar surface area (TPSA) is 62.5 Å². The van der Waals surface area contributed by atoms with Crippen molar-refractivity contribution in [3.8, 4) is 0 Å². The first-order valence-corrected chi connectivity index (χ1v) is 7.12. The molecule has 0 aliphatic heterocycles. The third kappa shape index (κ3) is 3.28. The van der Waals surface area contributed by atoms with E-state index in [0.29, 0.717) is 16.7 Å². The Kier molecular flexibility index (Phi) is 4.92. The van der Waals surface area contributed by atoms with Crippen molar-refractivity contribution in [2.24, 2.45) is 0 Å². The monoisotopic (exact) mass is 309 g/mol. The quantitative estimate of drug-likeness (QED) is 0.362. The van der Waals surface area contributed by atoms with Crippen LogP contribution in [0.2, 0.25) is 0 Å². The van der Waals surface area contributed by atoms with Gasteiger partial charge in [0.15, 0.2) is 5.69 Å². The van der Waals surface area contributed by atoms with Crippen LogP contribution in [0, 0.1) is 5.21 Å². The van der Waals surface area contributed by atoms with Gasteiger partial charge in [-0.1, -0.05) is 0 Å². The van der Waals surface area contributed by atoms with Gasteiger partial charge in [-0.05, 0) is 6.07 Å². The van der Waals surface area contributed by atoms with Crippen LogP contribution in [0.4, 0.5) is 0 Å². The van der Waals surface area contributed by atoms with E-state index in [1.54, 1.807) is 18.2 Å². The van der Waals surface area contributed by atoms with E-state index >= 15 is 0 Å². The Bertz CT molecular complexity index is 404. The van der Waals surface area contributed by atoms with Gasteiger partial charge in [-0.15, -0.1) is 0 Å². The maximum absolute atomic E-state index is 11.8. The number of hydrogen-bond acceptors (Lipinski definition) is 4. The molecule has 16 heavy (non-hydrogen) atoms. The Morgan fingerprint density at radius 1 is 1.44 bits per heavy atom. The van der Waals surface area contributed by atoms with Gasteiger partial charge in [0.1, 0.15) is 0 Å². The predicted octanol–water partition coefficient (Wildman–Crippen LogP) is 2.11. The van der Waals surface area contributed by atoms with Gasteiger partial charge in [-0.25, -0.2) is 0 Å². The van der Waals surface area contributed by atoms with Crippen molar-refractivity contribution in [3.05, 3.63) is 33.7 Å². The van der Waals surface area contributed by atoms with Gasteiger partial charge >= 0.3 is 7.60 Å². The minimum absolute atomic E-state index is 0.179. The van der Waals surface area contributed by atoms with Crippen molar-refractivity contribution in [1.82, 2.24) is 0 Å². The highest BCUT2D eigenvalue weighted by Crippen LogP contribution is 2.46. The second kappa shape index (κ2) is 5.77. The van der Waals surface area contributed by atoms with Crippen LogP contribution in [0.1, 0.15) is 5.69 Å². The Morgan fingerprint density at radius 2 is 2.06 bits per heavy atom. The van der Waals surface area contributed by atoms with Gasteiger partial charge < -0.3 is 14.3 Å². The molecule has 1 rings (SSSR count). The summed E-state index contributed by atoms with van der Waals surface area (Å²) in [5.41, 5.74) is 0.517. The normalized spacial score (nSPS) is 11.7. The Balaban J connectivity index is 2.75. The number of halogens is 1. The largest absolute Gasteiger partial charge is 0.618 e. The zero-order chi connectivity index (χ0) is 12.2. The fourth-order valence-electron chi connectivity index (χ4n) is 1.20. The lowest BCUT2D eigenvalue weighted by Crippen LogP contribution is -2.33. The summed E-state index contributed by atoms with van der Waals surface area (Å²) in [5, 5.41) is 11.6. The molecule has 90 valence electrons. The van der Waals surface area contributed by atoms with Crippen molar-refractivity contribution in [3.63, 3.8) is 0 Å². The summed E-state index contributed by atoms with van der Waals surface area (Å²) in [6.07, 6.45) is 0.514. The van der Waals surface area contributed by atoms with Crippen LogP contribution < -0.4 is 4.73 Å². The molecule has 1 aromatic rings. The summed E-state index contributed by atoms with van der Waals surface area (Å²) in [4.78, 5) is 0. The summed E-state index contributed by atoms with van der Waals surface area (Å²) in [7, 11) is -0.389. The molecule has 0 spiro atoms. The van der Waals surface area contributed by atoms with Crippen LogP contribution in [-0.4, -0.2) is 20.4 Å². The highest BCUT2D eigenvalue weighted by atomic mass is 79.9. The van der Waals surface area contributed by atoms with Crippen LogP contribution in [0.5, 0.6) is 0 Å². The number of aromatic nitrogens is 1. The summed E-state index contributed by atoms with van der Waals surface area (Å²) in [5.74, 6) is 0. The fourth-order valence-corrected chi connectivity index (χ4v) is 2.60. The fraction of sp³-hybridized carbons (Fsp3) is 0.444. The average Bonchev–Trinajstić information content (AvgIpc) is 2.31. The molecule has 0 amide bonds. The highest BCUT2D eigenvalue weighted by molar-refractivity contribution is 9.10. The summed E-state index contributed by atoms with van der Waals surface area (Å²) < 4.78 is 22.5. The molecule has 0 aliphatic rings. The van der Waals surface area contributed by atoms with E-state index in [-0.39, 0.29) is 6.16 Å². The van der Waals surface area contributed by atoms with Gasteiger partial charge in [0.05, 0.1) is 6.16 Å². The molecule has 1 aromatic heterocycles. The van der Waals surface area contributed by atoms with E-state index in [4.69, 9.17) is 9.05 Å². The first-order valence-electron chi connectivity index (χ1n) is 4.60. The Hall–Kier alpha value is -0.420. The molecule has 0 saturated heterocycles. The SMILES string of the molecule is COP(=O)(CCc1cccc(Br)[n+]1[O-])OC. The lowest BCUT2D eigenvalue weighted by Gasteiger charge is -2.13. The second-order valence-corrected chi connectivity index (χ2v) is 6.30. The first kappa shape index (κ1) is 13.6. The van der Waals surface area contributed by atoms with Crippen molar-refractivity contribution >= 4 is 23.5 Å². The van der Waals surface area contributed by atoms with Gasteiger partial charge in [-0.2, -0.15) is 4.73 Å². The molecule has 0 bridgehead atoms. The van der Waals surface area contributed by atoms with E-state index in [0.717, 1.165) is 4.73 Å². The van der Waals surface area contributed by atoms with E-state index in [2.05, 4.69) is 15.9 Å². The molecule has 0 N–H and O–H groups in total. The molecule has 5 nitrogen and oxygen atoms in total. The first-order chi connectivity index (χ1) is 7.52. The molecular formula is C9H13BrNO4P. The number of pyridine rings is 1. The van der Waals surface area contributed by atoms with Gasteiger partial charge in [0, 0.05) is 48.7 Å². The van der Waals surface area contributed by atoms with Crippen molar-refractivity contribution in [1.29, 1.82) is 0 Å². The summed E-state index contributed by atoms with van der Waals surface area (Å²) in [6.45, 7) is 0. The predicted molar refractivity (Wildman–Crippen MR) is 63.3 cm³/mol. The van der Waals surface area contributed by atoms with Crippen LogP contribution >= 0.6 is 23.5 Å². The smallest absolute Gasteiger partial charge is 0.330 e. The van der Waals surface area contributed by atoms with Crippen LogP contribution in [-0.2, 0) is 20.0 Å². The lowest BCUT2D eigenvalue weighted by atomic mass is 10.3. The molecule has 1 heterocycles. The summed E-state index contributed by atoms with van der Waals surface area (Å²) in [6, 6.07) is 5.06. The maximum Gasteiger partial charge on any atom is 0.330 e. The average molecular weight is 310 g/mol. The Labute approximate surface area is 103 Å². The highest BCUT2D eigenvalue weighted by Gasteiger charge is 2.22. The molecular weight excluding hydrogens is 297 g/mol. The van der Waals surface area contributed by atoms with Gasteiger partial charge in [0.25, 0.3) is 4.60 Å². The van der Waals surface area contributed by atoms with E-state index < -0.39 is 7.60 Å². The van der Waals surface area contributed by atoms with Crippen molar-refractivity contribution in [2.45, 2.75) is 6.42 Å². The zero-order valence-electron chi connectivity index (χ0n) is 9.05.